The first-order valence-corrected chi connectivity index (χ1v) is 5.38. The molecule has 0 aromatic carbocycles. The third-order valence-electron chi connectivity index (χ3n) is 3.12. The molecule has 2 aliphatic heterocycles. The zero-order chi connectivity index (χ0) is 10.8. The summed E-state index contributed by atoms with van der Waals surface area (Å²) in [5, 5.41) is 0. The molecule has 0 aromatic heterocycles. The number of hydrogen-bond donors (Lipinski definition) is 0. The Morgan fingerprint density at radius 2 is 2.00 bits per heavy atom. The van der Waals surface area contributed by atoms with E-state index in [1.807, 2.05) is 0 Å². The maximum atomic E-state index is 12.5. The van der Waals surface area contributed by atoms with Crippen LogP contribution in [-0.2, 0) is 9.53 Å². The molecule has 86 valence electrons. The number of rotatable bonds is 2. The predicted octanol–water partition coefficient (Wildman–Crippen LogP) is 1.28. The minimum absolute atomic E-state index is 0.143. The van der Waals surface area contributed by atoms with Crippen molar-refractivity contribution in [1.29, 1.82) is 0 Å². The summed E-state index contributed by atoms with van der Waals surface area (Å²) in [4.78, 5) is 13.6. The Kier molecular flexibility index (Phi) is 3.19. The first-order valence-electron chi connectivity index (χ1n) is 5.38. The standard InChI is InChI=1S/C10H15F2NO2/c11-9(12)8-7(3-6-15-8)10(14)13-4-1-2-5-13/h7-9H,1-6H2. The van der Waals surface area contributed by atoms with Crippen LogP contribution in [0.3, 0.4) is 0 Å². The molecule has 2 aliphatic rings. The number of amides is 1. The van der Waals surface area contributed by atoms with Gasteiger partial charge in [-0.15, -0.1) is 0 Å². The lowest BCUT2D eigenvalue weighted by Crippen LogP contribution is -2.39. The molecule has 2 fully saturated rings. The quantitative estimate of drug-likeness (QED) is 0.700. The van der Waals surface area contributed by atoms with Gasteiger partial charge < -0.3 is 9.64 Å². The average Bonchev–Trinajstić information content (AvgIpc) is 2.88. The van der Waals surface area contributed by atoms with E-state index in [1.165, 1.54) is 0 Å². The number of halogens is 2. The Labute approximate surface area is 87.4 Å². The molecule has 0 spiro atoms. The van der Waals surface area contributed by atoms with E-state index in [4.69, 9.17) is 4.74 Å². The van der Waals surface area contributed by atoms with E-state index >= 15 is 0 Å². The van der Waals surface area contributed by atoms with Gasteiger partial charge in [-0.1, -0.05) is 0 Å². The highest BCUT2D eigenvalue weighted by molar-refractivity contribution is 5.80. The predicted molar refractivity (Wildman–Crippen MR) is 49.7 cm³/mol. The number of alkyl halides is 2. The molecule has 0 N–H and O–H groups in total. The average molecular weight is 219 g/mol. The minimum Gasteiger partial charge on any atom is -0.371 e. The molecular formula is C10H15F2NO2. The maximum Gasteiger partial charge on any atom is 0.265 e. The maximum absolute atomic E-state index is 12.5. The van der Waals surface area contributed by atoms with Crippen molar-refractivity contribution in [3.8, 4) is 0 Å². The van der Waals surface area contributed by atoms with Crippen LogP contribution in [0.4, 0.5) is 8.78 Å². The van der Waals surface area contributed by atoms with Gasteiger partial charge in [0.1, 0.15) is 6.10 Å². The van der Waals surface area contributed by atoms with Gasteiger partial charge in [0.05, 0.1) is 5.92 Å². The SMILES string of the molecule is O=C(C1CCOC1C(F)F)N1CCCC1. The Morgan fingerprint density at radius 1 is 1.33 bits per heavy atom. The summed E-state index contributed by atoms with van der Waals surface area (Å²) in [6.07, 6.45) is -1.33. The van der Waals surface area contributed by atoms with E-state index in [0.717, 1.165) is 12.8 Å². The van der Waals surface area contributed by atoms with Crippen LogP contribution in [0.5, 0.6) is 0 Å². The Bertz CT molecular complexity index is 242. The summed E-state index contributed by atoms with van der Waals surface area (Å²) in [6, 6.07) is 0. The highest BCUT2D eigenvalue weighted by atomic mass is 19.3. The Hall–Kier alpha value is -0.710. The molecule has 15 heavy (non-hydrogen) atoms. The molecule has 5 heteroatoms. The van der Waals surface area contributed by atoms with E-state index in [0.29, 0.717) is 19.5 Å². The summed E-state index contributed by atoms with van der Waals surface area (Å²) in [5.41, 5.74) is 0. The fourth-order valence-corrected chi connectivity index (χ4v) is 2.30. The number of ether oxygens (including phenoxy) is 1. The summed E-state index contributed by atoms with van der Waals surface area (Å²) in [7, 11) is 0. The number of carbonyl (C=O) groups excluding carboxylic acids is 1. The molecule has 1 amide bonds. The fourth-order valence-electron chi connectivity index (χ4n) is 2.30. The second-order valence-electron chi connectivity index (χ2n) is 4.10. The van der Waals surface area contributed by atoms with Crippen LogP contribution in [0.1, 0.15) is 19.3 Å². The second kappa shape index (κ2) is 4.43. The zero-order valence-corrected chi connectivity index (χ0v) is 8.49. The van der Waals surface area contributed by atoms with Crippen LogP contribution in [-0.4, -0.2) is 43.0 Å². The molecule has 0 aliphatic carbocycles. The third-order valence-corrected chi connectivity index (χ3v) is 3.12. The van der Waals surface area contributed by atoms with Gasteiger partial charge >= 0.3 is 0 Å². The number of likely N-dealkylation sites (tertiary alicyclic amines) is 1. The fraction of sp³-hybridized carbons (Fsp3) is 0.900. The van der Waals surface area contributed by atoms with Crippen LogP contribution < -0.4 is 0 Å². The minimum atomic E-state index is -2.55. The molecule has 3 nitrogen and oxygen atoms in total. The zero-order valence-electron chi connectivity index (χ0n) is 8.49. The van der Waals surface area contributed by atoms with Crippen LogP contribution in [0, 0.1) is 5.92 Å². The third kappa shape index (κ3) is 2.12. The lowest BCUT2D eigenvalue weighted by atomic mass is 10.0. The van der Waals surface area contributed by atoms with Crippen molar-refractivity contribution in [2.24, 2.45) is 5.92 Å². The topological polar surface area (TPSA) is 29.5 Å². The van der Waals surface area contributed by atoms with Gasteiger partial charge in [-0.25, -0.2) is 8.78 Å². The van der Waals surface area contributed by atoms with Gasteiger partial charge in [0.15, 0.2) is 0 Å². The van der Waals surface area contributed by atoms with Gasteiger partial charge in [0, 0.05) is 19.7 Å². The van der Waals surface area contributed by atoms with E-state index in [2.05, 4.69) is 0 Å². The summed E-state index contributed by atoms with van der Waals surface area (Å²) >= 11 is 0. The van der Waals surface area contributed by atoms with Crippen molar-refractivity contribution >= 4 is 5.91 Å². The molecule has 2 unspecified atom stereocenters. The Morgan fingerprint density at radius 3 is 2.60 bits per heavy atom. The first kappa shape index (κ1) is 10.8. The summed E-state index contributed by atoms with van der Waals surface area (Å²) < 4.78 is 30.0. The summed E-state index contributed by atoms with van der Waals surface area (Å²) in [5.74, 6) is -0.765. The molecule has 2 saturated heterocycles. The van der Waals surface area contributed by atoms with Gasteiger partial charge in [-0.2, -0.15) is 0 Å². The van der Waals surface area contributed by atoms with Crippen LogP contribution >= 0.6 is 0 Å². The van der Waals surface area contributed by atoms with Crippen molar-refractivity contribution in [3.63, 3.8) is 0 Å². The number of nitrogens with zero attached hydrogens (tertiary/aromatic N) is 1. The lowest BCUT2D eigenvalue weighted by molar-refractivity contribution is -0.139. The lowest BCUT2D eigenvalue weighted by Gasteiger charge is -2.23. The molecule has 0 radical (unpaired) electrons. The highest BCUT2D eigenvalue weighted by Gasteiger charge is 2.42. The monoisotopic (exact) mass is 219 g/mol. The van der Waals surface area contributed by atoms with Crippen molar-refractivity contribution < 1.29 is 18.3 Å². The van der Waals surface area contributed by atoms with Crippen molar-refractivity contribution in [3.05, 3.63) is 0 Å². The molecule has 0 bridgehead atoms. The smallest absolute Gasteiger partial charge is 0.265 e. The van der Waals surface area contributed by atoms with Gasteiger partial charge in [0.25, 0.3) is 6.43 Å². The molecule has 2 rings (SSSR count). The number of hydrogen-bond acceptors (Lipinski definition) is 2. The molecule has 0 saturated carbocycles. The Balaban J connectivity index is 1.99. The largest absolute Gasteiger partial charge is 0.371 e. The van der Waals surface area contributed by atoms with Crippen molar-refractivity contribution in [2.75, 3.05) is 19.7 Å². The van der Waals surface area contributed by atoms with Gasteiger partial charge in [-0.05, 0) is 19.3 Å². The molecule has 2 heterocycles. The van der Waals surface area contributed by atoms with Gasteiger partial charge in [0.2, 0.25) is 5.91 Å². The highest BCUT2D eigenvalue weighted by Crippen LogP contribution is 2.28. The van der Waals surface area contributed by atoms with Crippen LogP contribution in [0.25, 0.3) is 0 Å². The van der Waals surface area contributed by atoms with Crippen LogP contribution in [0.15, 0.2) is 0 Å². The van der Waals surface area contributed by atoms with E-state index in [1.54, 1.807) is 4.90 Å². The van der Waals surface area contributed by atoms with Gasteiger partial charge in [-0.3, -0.25) is 4.79 Å². The van der Waals surface area contributed by atoms with Crippen molar-refractivity contribution in [1.82, 2.24) is 4.90 Å². The molecule has 0 aromatic rings. The van der Waals surface area contributed by atoms with E-state index in [9.17, 15) is 13.6 Å². The summed E-state index contributed by atoms with van der Waals surface area (Å²) in [6.45, 7) is 1.70. The van der Waals surface area contributed by atoms with Crippen LogP contribution in [0.2, 0.25) is 0 Å². The molecular weight excluding hydrogens is 204 g/mol. The second-order valence-corrected chi connectivity index (χ2v) is 4.10. The first-order chi connectivity index (χ1) is 7.20. The number of carbonyl (C=O) groups is 1. The van der Waals surface area contributed by atoms with E-state index in [-0.39, 0.29) is 12.5 Å². The molecule has 2 atom stereocenters. The normalized spacial score (nSPS) is 31.5. The van der Waals surface area contributed by atoms with Crippen molar-refractivity contribution in [2.45, 2.75) is 31.8 Å². The van der Waals surface area contributed by atoms with E-state index < -0.39 is 18.4 Å².